The van der Waals surface area contributed by atoms with E-state index in [1.54, 1.807) is 48.5 Å². The number of thiazole rings is 1. The number of ketones is 1. The summed E-state index contributed by atoms with van der Waals surface area (Å²) in [6, 6.07) is 15.7. The maximum Gasteiger partial charge on any atom is 0.412 e. The average molecular weight is 818 g/mol. The van der Waals surface area contributed by atoms with Crippen molar-refractivity contribution in [2.45, 2.75) is 117 Å². The number of likely N-dealkylation sites (tertiary alicyclic amines) is 1. The SMILES string of the molecule is CC[C@H](C)[C@H](CC(=O)[C@H]1CCCCN1C)C(=O)N(C)[C@H](C[C@@H](OC(=O)Nc1ccccc1)c1nc(C(=O)N[C@@H](Cc2ccc(C)cc2)C[C@H](C)C(=O)O)cs1)C(C)C. The molecule has 1 aliphatic rings. The number of aliphatic carboxylic acids is 1. The first-order chi connectivity index (χ1) is 27.6. The summed E-state index contributed by atoms with van der Waals surface area (Å²) in [5, 5.41) is 17.4. The lowest BCUT2D eigenvalue weighted by Crippen LogP contribution is -2.48. The van der Waals surface area contributed by atoms with E-state index in [-0.39, 0.29) is 54.5 Å². The topological polar surface area (TPSA) is 158 Å². The summed E-state index contributed by atoms with van der Waals surface area (Å²) in [6.45, 7) is 12.5. The highest BCUT2D eigenvalue weighted by atomic mass is 32.1. The summed E-state index contributed by atoms with van der Waals surface area (Å²) < 4.78 is 6.08. The number of para-hydroxylation sites is 1. The molecule has 2 heterocycles. The predicted octanol–water partition coefficient (Wildman–Crippen LogP) is 8.17. The van der Waals surface area contributed by atoms with Gasteiger partial charge in [-0.1, -0.05) is 95.5 Å². The molecule has 3 N–H and O–H groups in total. The third-order valence-corrected chi connectivity index (χ3v) is 12.5. The number of aromatic nitrogens is 1. The van der Waals surface area contributed by atoms with Gasteiger partial charge < -0.3 is 20.1 Å². The van der Waals surface area contributed by atoms with Crippen LogP contribution in [-0.4, -0.2) is 88.3 Å². The maximum atomic E-state index is 14.5. The van der Waals surface area contributed by atoms with Crippen molar-refractivity contribution in [1.29, 1.82) is 0 Å². The van der Waals surface area contributed by atoms with Crippen molar-refractivity contribution < 1.29 is 33.8 Å². The number of hydrogen-bond donors (Lipinski definition) is 3. The minimum atomic E-state index is -0.949. The molecule has 4 rings (SSSR count). The Hall–Kier alpha value is -4.62. The molecule has 3 aromatic rings. The van der Waals surface area contributed by atoms with E-state index in [4.69, 9.17) is 4.74 Å². The average Bonchev–Trinajstić information content (AvgIpc) is 3.69. The number of nitrogens with one attached hydrogen (secondary N) is 2. The first-order valence-corrected chi connectivity index (χ1v) is 21.5. The van der Waals surface area contributed by atoms with Gasteiger partial charge in [-0.15, -0.1) is 11.3 Å². The van der Waals surface area contributed by atoms with Crippen LogP contribution in [0, 0.1) is 30.6 Å². The fourth-order valence-corrected chi connectivity index (χ4v) is 8.54. The number of amides is 3. The second-order valence-corrected chi connectivity index (χ2v) is 17.3. The molecule has 0 unspecified atom stereocenters. The van der Waals surface area contributed by atoms with E-state index in [0.717, 1.165) is 43.4 Å². The zero-order chi connectivity index (χ0) is 42.5. The normalized spacial score (nSPS) is 17.6. The molecule has 1 aliphatic heterocycles. The fourth-order valence-electron chi connectivity index (χ4n) is 7.70. The molecule has 0 aliphatic carbocycles. The first kappa shape index (κ1) is 46.1. The van der Waals surface area contributed by atoms with Crippen molar-refractivity contribution in [3.8, 4) is 0 Å². The summed E-state index contributed by atoms with van der Waals surface area (Å²) in [7, 11) is 3.74. The van der Waals surface area contributed by atoms with E-state index >= 15 is 0 Å². The number of carboxylic acids is 1. The second-order valence-electron chi connectivity index (χ2n) is 16.4. The molecule has 0 spiro atoms. The van der Waals surface area contributed by atoms with E-state index in [2.05, 4.69) is 20.5 Å². The number of ether oxygens (including phenoxy) is 1. The Labute approximate surface area is 348 Å². The standard InChI is InChI=1S/C45H63N5O7S/c1-9-30(5)35(25-39(51)37-17-13-14-22-49(37)7)43(53)50(8)38(28(2)3)26-40(57-45(56)47-33-15-11-10-12-16-33)42-48-36(27-58-42)41(52)46-34(23-31(6)44(54)55)24-32-20-18-29(4)19-21-32/h10-12,15-16,18-21,27-28,30-31,34-35,37-38,40H,9,13-14,17,22-26H2,1-8H3,(H,46,52)(H,47,56)(H,54,55)/t30-,31-,34+,35-,37+,38+,40+/m0/s1. The smallest absolute Gasteiger partial charge is 0.412 e. The molecule has 12 nitrogen and oxygen atoms in total. The number of piperidine rings is 1. The summed E-state index contributed by atoms with van der Waals surface area (Å²) in [5.41, 5.74) is 2.71. The van der Waals surface area contributed by atoms with Crippen LogP contribution in [0.15, 0.2) is 60.0 Å². The van der Waals surface area contributed by atoms with Gasteiger partial charge in [-0.2, -0.15) is 0 Å². The van der Waals surface area contributed by atoms with Crippen LogP contribution in [0.2, 0.25) is 0 Å². The molecule has 1 saturated heterocycles. The van der Waals surface area contributed by atoms with Gasteiger partial charge in [-0.05, 0) is 75.7 Å². The van der Waals surface area contributed by atoms with E-state index in [1.807, 2.05) is 72.0 Å². The third-order valence-electron chi connectivity index (χ3n) is 11.6. The lowest BCUT2D eigenvalue weighted by Gasteiger charge is -2.37. The largest absolute Gasteiger partial charge is 0.481 e. The van der Waals surface area contributed by atoms with Gasteiger partial charge in [0.2, 0.25) is 5.91 Å². The third kappa shape index (κ3) is 13.2. The highest BCUT2D eigenvalue weighted by Gasteiger charge is 2.38. The Balaban J connectivity index is 1.59. The van der Waals surface area contributed by atoms with Gasteiger partial charge in [-0.25, -0.2) is 9.78 Å². The number of Topliss-reactive ketones (excluding diaryl/α,β-unsaturated/α-hetero) is 1. The molecular formula is C45H63N5O7S. The van der Waals surface area contributed by atoms with Crippen LogP contribution in [0.5, 0.6) is 0 Å². The van der Waals surface area contributed by atoms with Crippen LogP contribution in [0.3, 0.4) is 0 Å². The molecule has 316 valence electrons. The zero-order valence-corrected chi connectivity index (χ0v) is 36.2. The van der Waals surface area contributed by atoms with Crippen molar-refractivity contribution in [2.24, 2.45) is 23.7 Å². The van der Waals surface area contributed by atoms with Crippen molar-refractivity contribution in [3.63, 3.8) is 0 Å². The van der Waals surface area contributed by atoms with Gasteiger partial charge in [0, 0.05) is 49.0 Å². The van der Waals surface area contributed by atoms with Gasteiger partial charge in [0.25, 0.3) is 5.91 Å². The summed E-state index contributed by atoms with van der Waals surface area (Å²) in [4.78, 5) is 75.6. The molecule has 3 amide bonds. The second kappa shape index (κ2) is 21.9. The molecule has 0 bridgehead atoms. The van der Waals surface area contributed by atoms with Crippen LogP contribution in [0.4, 0.5) is 10.5 Å². The van der Waals surface area contributed by atoms with Gasteiger partial charge in [-0.3, -0.25) is 29.4 Å². The number of aryl methyl sites for hydroxylation is 1. The van der Waals surface area contributed by atoms with Crippen molar-refractivity contribution >= 4 is 46.7 Å². The Morgan fingerprint density at radius 3 is 2.31 bits per heavy atom. The van der Waals surface area contributed by atoms with E-state index in [0.29, 0.717) is 17.1 Å². The predicted molar refractivity (Wildman–Crippen MR) is 228 cm³/mol. The van der Waals surface area contributed by atoms with Gasteiger partial charge in [0.05, 0.1) is 12.0 Å². The van der Waals surface area contributed by atoms with Crippen molar-refractivity contribution in [1.82, 2.24) is 20.1 Å². The van der Waals surface area contributed by atoms with Crippen LogP contribution < -0.4 is 10.6 Å². The number of nitrogens with zero attached hydrogens (tertiary/aromatic N) is 3. The number of carbonyl (C=O) groups excluding carboxylic acids is 4. The molecule has 58 heavy (non-hydrogen) atoms. The van der Waals surface area contributed by atoms with Gasteiger partial charge >= 0.3 is 12.1 Å². The maximum absolute atomic E-state index is 14.5. The number of carboxylic acid groups (broad SMARTS) is 1. The van der Waals surface area contributed by atoms with E-state index < -0.39 is 48.0 Å². The van der Waals surface area contributed by atoms with Crippen LogP contribution in [0.1, 0.15) is 112 Å². The molecule has 2 aromatic carbocycles. The Bertz CT molecular complexity index is 1820. The summed E-state index contributed by atoms with van der Waals surface area (Å²) in [6.07, 6.45) is 2.95. The number of benzene rings is 2. The Morgan fingerprint density at radius 2 is 1.69 bits per heavy atom. The van der Waals surface area contributed by atoms with Crippen LogP contribution in [-0.2, 0) is 25.5 Å². The monoisotopic (exact) mass is 817 g/mol. The quantitative estimate of drug-likeness (QED) is 0.102. The number of hydrogen-bond acceptors (Lipinski definition) is 9. The van der Waals surface area contributed by atoms with Gasteiger partial charge in [0.15, 0.2) is 11.9 Å². The van der Waals surface area contributed by atoms with Crippen LogP contribution >= 0.6 is 11.3 Å². The fraction of sp³-hybridized carbons (Fsp3) is 0.556. The molecule has 1 fully saturated rings. The number of carbonyl (C=O) groups is 5. The van der Waals surface area contributed by atoms with E-state index in [1.165, 1.54) is 11.3 Å². The van der Waals surface area contributed by atoms with Crippen LogP contribution in [0.25, 0.3) is 0 Å². The lowest BCUT2D eigenvalue weighted by atomic mass is 9.83. The summed E-state index contributed by atoms with van der Waals surface area (Å²) >= 11 is 1.17. The number of likely N-dealkylation sites (N-methyl/N-ethyl adjacent to an activating group) is 1. The highest BCUT2D eigenvalue weighted by molar-refractivity contribution is 7.09. The molecule has 7 atom stereocenters. The van der Waals surface area contributed by atoms with Crippen molar-refractivity contribution in [2.75, 3.05) is 26.0 Å². The minimum absolute atomic E-state index is 0.0299. The zero-order valence-electron chi connectivity index (χ0n) is 35.4. The first-order valence-electron chi connectivity index (χ1n) is 20.6. The number of anilines is 1. The molecule has 0 saturated carbocycles. The Kier molecular flexibility index (Phi) is 17.4. The number of rotatable bonds is 20. The van der Waals surface area contributed by atoms with Gasteiger partial charge in [0.1, 0.15) is 10.7 Å². The Morgan fingerprint density at radius 1 is 1.00 bits per heavy atom. The van der Waals surface area contributed by atoms with Crippen molar-refractivity contribution in [3.05, 3.63) is 81.8 Å². The molecule has 1 aromatic heterocycles. The minimum Gasteiger partial charge on any atom is -0.481 e. The lowest BCUT2D eigenvalue weighted by molar-refractivity contribution is -0.143. The molecule has 13 heteroatoms. The highest BCUT2D eigenvalue weighted by Crippen LogP contribution is 2.33. The summed E-state index contributed by atoms with van der Waals surface area (Å²) in [5.74, 6) is -2.75. The molecular weight excluding hydrogens is 755 g/mol. The van der Waals surface area contributed by atoms with E-state index in [9.17, 15) is 29.1 Å². The molecule has 0 radical (unpaired) electrons.